The molecule has 0 unspecified atom stereocenters. The van der Waals surface area contributed by atoms with Crippen LogP contribution in [-0.4, -0.2) is 25.7 Å². The van der Waals surface area contributed by atoms with Gasteiger partial charge in [-0.05, 0) is 25.3 Å². The first kappa shape index (κ1) is 10.2. The zero-order valence-corrected chi connectivity index (χ0v) is 9.78. The van der Waals surface area contributed by atoms with Crippen molar-refractivity contribution in [1.29, 1.82) is 0 Å². The van der Waals surface area contributed by atoms with Crippen molar-refractivity contribution in [2.45, 2.75) is 45.7 Å². The maximum atomic E-state index is 3.64. The molecule has 0 fully saturated rings. The van der Waals surface area contributed by atoms with Gasteiger partial charge in [-0.25, -0.2) is 0 Å². The third kappa shape index (κ3) is 1.61. The van der Waals surface area contributed by atoms with Crippen LogP contribution < -0.4 is 10.6 Å². The van der Waals surface area contributed by atoms with E-state index in [2.05, 4.69) is 38.5 Å². The van der Waals surface area contributed by atoms with Gasteiger partial charge in [-0.15, -0.1) is 0 Å². The lowest BCUT2D eigenvalue weighted by molar-refractivity contribution is 0.312. The van der Waals surface area contributed by atoms with Crippen LogP contribution in [0.1, 0.15) is 33.6 Å². The van der Waals surface area contributed by atoms with Gasteiger partial charge in [-0.1, -0.05) is 31.9 Å². The highest BCUT2D eigenvalue weighted by atomic mass is 15.0. The lowest BCUT2D eigenvalue weighted by Gasteiger charge is -2.30. The molecule has 0 amide bonds. The van der Waals surface area contributed by atoms with Crippen molar-refractivity contribution < 1.29 is 0 Å². The standard InChI is InChI=1S/C12H22N2/c1-12(2,3)11-10-6-9(13-4)5-8(10)7-14-11/h9,11,13-14H,5-7H2,1-4H3/t9-,11+/m0/s1. The molecule has 1 heterocycles. The molecular weight excluding hydrogens is 172 g/mol. The Balaban J connectivity index is 2.12. The lowest BCUT2D eigenvalue weighted by Crippen LogP contribution is -2.39. The summed E-state index contributed by atoms with van der Waals surface area (Å²) in [5.41, 5.74) is 3.72. The molecule has 2 rings (SSSR count). The van der Waals surface area contributed by atoms with E-state index in [9.17, 15) is 0 Å². The summed E-state index contributed by atoms with van der Waals surface area (Å²) in [5.74, 6) is 0. The molecule has 2 aliphatic rings. The summed E-state index contributed by atoms with van der Waals surface area (Å²) in [6.07, 6.45) is 2.51. The van der Waals surface area contributed by atoms with Gasteiger partial charge in [-0.3, -0.25) is 0 Å². The fourth-order valence-electron chi connectivity index (χ4n) is 2.80. The molecule has 2 atom stereocenters. The van der Waals surface area contributed by atoms with Crippen LogP contribution in [0.2, 0.25) is 0 Å². The van der Waals surface area contributed by atoms with Crippen LogP contribution >= 0.6 is 0 Å². The Bertz CT molecular complexity index is 260. The van der Waals surface area contributed by atoms with Crippen molar-refractivity contribution in [2.75, 3.05) is 13.6 Å². The number of nitrogens with one attached hydrogen (secondary N) is 2. The molecule has 0 aromatic carbocycles. The molecule has 0 saturated carbocycles. The Morgan fingerprint density at radius 3 is 2.57 bits per heavy atom. The molecule has 0 spiro atoms. The maximum Gasteiger partial charge on any atom is 0.0334 e. The molecule has 80 valence electrons. The van der Waals surface area contributed by atoms with Gasteiger partial charge in [0.25, 0.3) is 0 Å². The minimum Gasteiger partial charge on any atom is -0.316 e. The zero-order valence-electron chi connectivity index (χ0n) is 9.78. The molecule has 2 N–H and O–H groups in total. The van der Waals surface area contributed by atoms with E-state index < -0.39 is 0 Å². The topological polar surface area (TPSA) is 24.1 Å². The van der Waals surface area contributed by atoms with E-state index in [1.165, 1.54) is 12.8 Å². The van der Waals surface area contributed by atoms with E-state index in [4.69, 9.17) is 0 Å². The van der Waals surface area contributed by atoms with E-state index in [0.717, 1.165) is 6.54 Å². The highest BCUT2D eigenvalue weighted by molar-refractivity contribution is 5.34. The van der Waals surface area contributed by atoms with Crippen LogP contribution in [0.4, 0.5) is 0 Å². The normalized spacial score (nSPS) is 32.6. The molecule has 0 aromatic rings. The SMILES string of the molecule is CN[C@H]1CC2=C(C1)[C@H](C(C)(C)C)NC2. The molecule has 14 heavy (non-hydrogen) atoms. The average Bonchev–Trinajstić information content (AvgIpc) is 2.57. The lowest BCUT2D eigenvalue weighted by atomic mass is 9.82. The molecule has 0 saturated heterocycles. The largest absolute Gasteiger partial charge is 0.316 e. The third-order valence-corrected chi connectivity index (χ3v) is 3.56. The quantitative estimate of drug-likeness (QED) is 0.621. The van der Waals surface area contributed by atoms with Crippen LogP contribution in [0.3, 0.4) is 0 Å². The molecule has 0 aromatic heterocycles. The van der Waals surface area contributed by atoms with E-state index in [0.29, 0.717) is 17.5 Å². The average molecular weight is 194 g/mol. The summed E-state index contributed by atoms with van der Waals surface area (Å²) in [7, 11) is 2.08. The van der Waals surface area contributed by atoms with Gasteiger partial charge in [0, 0.05) is 18.6 Å². The number of hydrogen-bond donors (Lipinski definition) is 2. The minimum absolute atomic E-state index is 0.361. The Morgan fingerprint density at radius 2 is 2.00 bits per heavy atom. The zero-order chi connectivity index (χ0) is 10.3. The Hall–Kier alpha value is -0.340. The fraction of sp³-hybridized carbons (Fsp3) is 0.833. The van der Waals surface area contributed by atoms with E-state index in [1.54, 1.807) is 11.1 Å². The van der Waals surface area contributed by atoms with Crippen LogP contribution in [0.15, 0.2) is 11.1 Å². The third-order valence-electron chi connectivity index (χ3n) is 3.56. The van der Waals surface area contributed by atoms with Gasteiger partial charge in [0.1, 0.15) is 0 Å². The predicted molar refractivity (Wildman–Crippen MR) is 60.4 cm³/mol. The summed E-state index contributed by atoms with van der Waals surface area (Å²) in [6, 6.07) is 1.31. The van der Waals surface area contributed by atoms with Gasteiger partial charge < -0.3 is 10.6 Å². The fourth-order valence-corrected chi connectivity index (χ4v) is 2.80. The van der Waals surface area contributed by atoms with Crippen LogP contribution in [0.5, 0.6) is 0 Å². The first-order chi connectivity index (χ1) is 6.52. The maximum absolute atomic E-state index is 3.64. The van der Waals surface area contributed by atoms with Gasteiger partial charge in [0.05, 0.1) is 0 Å². The van der Waals surface area contributed by atoms with Gasteiger partial charge in [-0.2, -0.15) is 0 Å². The van der Waals surface area contributed by atoms with Crippen molar-refractivity contribution in [1.82, 2.24) is 10.6 Å². The Labute approximate surface area is 87.2 Å². The van der Waals surface area contributed by atoms with Crippen LogP contribution in [-0.2, 0) is 0 Å². The van der Waals surface area contributed by atoms with Crippen molar-refractivity contribution in [3.05, 3.63) is 11.1 Å². The van der Waals surface area contributed by atoms with Crippen molar-refractivity contribution in [2.24, 2.45) is 5.41 Å². The van der Waals surface area contributed by atoms with Crippen molar-refractivity contribution in [3.63, 3.8) is 0 Å². The monoisotopic (exact) mass is 194 g/mol. The van der Waals surface area contributed by atoms with Gasteiger partial charge >= 0.3 is 0 Å². The smallest absolute Gasteiger partial charge is 0.0334 e. The summed E-state index contributed by atoms with van der Waals surface area (Å²) in [4.78, 5) is 0. The molecule has 0 radical (unpaired) electrons. The molecule has 2 nitrogen and oxygen atoms in total. The van der Waals surface area contributed by atoms with E-state index >= 15 is 0 Å². The van der Waals surface area contributed by atoms with Gasteiger partial charge in [0.2, 0.25) is 0 Å². The second-order valence-electron chi connectivity index (χ2n) is 5.70. The molecule has 0 bridgehead atoms. The first-order valence-corrected chi connectivity index (χ1v) is 5.64. The van der Waals surface area contributed by atoms with Crippen molar-refractivity contribution >= 4 is 0 Å². The molecule has 1 aliphatic heterocycles. The summed E-state index contributed by atoms with van der Waals surface area (Å²) in [5, 5.41) is 7.04. The number of rotatable bonds is 1. The summed E-state index contributed by atoms with van der Waals surface area (Å²) in [6.45, 7) is 8.10. The van der Waals surface area contributed by atoms with E-state index in [-0.39, 0.29) is 0 Å². The number of hydrogen-bond acceptors (Lipinski definition) is 2. The summed E-state index contributed by atoms with van der Waals surface area (Å²) >= 11 is 0. The van der Waals surface area contributed by atoms with Crippen molar-refractivity contribution in [3.8, 4) is 0 Å². The summed E-state index contributed by atoms with van der Waals surface area (Å²) < 4.78 is 0. The first-order valence-electron chi connectivity index (χ1n) is 5.64. The molecular formula is C12H22N2. The second kappa shape index (κ2) is 3.35. The highest BCUT2D eigenvalue weighted by Crippen LogP contribution is 2.39. The second-order valence-corrected chi connectivity index (χ2v) is 5.70. The van der Waals surface area contributed by atoms with Crippen LogP contribution in [0, 0.1) is 5.41 Å². The highest BCUT2D eigenvalue weighted by Gasteiger charge is 2.38. The van der Waals surface area contributed by atoms with E-state index in [1.807, 2.05) is 0 Å². The Morgan fingerprint density at radius 1 is 1.29 bits per heavy atom. The minimum atomic E-state index is 0.361. The Kier molecular flexibility index (Phi) is 2.44. The molecule has 2 heteroatoms. The predicted octanol–water partition coefficient (Wildman–Crippen LogP) is 1.68. The molecule has 1 aliphatic carbocycles. The van der Waals surface area contributed by atoms with Gasteiger partial charge in [0.15, 0.2) is 0 Å². The van der Waals surface area contributed by atoms with Crippen LogP contribution in [0.25, 0.3) is 0 Å².